The fourth-order valence-electron chi connectivity index (χ4n) is 2.65. The van der Waals surface area contributed by atoms with Crippen molar-refractivity contribution in [2.45, 2.75) is 25.7 Å². The van der Waals surface area contributed by atoms with Gasteiger partial charge in [-0.1, -0.05) is 104 Å². The van der Waals surface area contributed by atoms with Crippen molar-refractivity contribution in [2.24, 2.45) is 0 Å². The molecule has 3 rings (SSSR count). The largest absolute Gasteiger partial charge is 0.127 e. The molecule has 0 aliphatic heterocycles. The highest BCUT2D eigenvalue weighted by atomic mass is 35.5. The van der Waals surface area contributed by atoms with E-state index < -0.39 is 0 Å². The van der Waals surface area contributed by atoms with Gasteiger partial charge >= 0.3 is 0 Å². The second kappa shape index (κ2) is 10.7. The number of alkyl halides is 1. The Balaban J connectivity index is 0.000000368. The highest BCUT2D eigenvalue weighted by molar-refractivity contribution is 6.17. The second-order valence-electron chi connectivity index (χ2n) is 5.71. The minimum absolute atomic E-state index is 0.309. The molecule has 0 amide bonds. The summed E-state index contributed by atoms with van der Waals surface area (Å²) in [5.74, 6) is 1.12. The summed E-state index contributed by atoms with van der Waals surface area (Å²) in [4.78, 5) is 0. The first-order chi connectivity index (χ1) is 11.9. The molecule has 0 spiro atoms. The third-order valence-corrected chi connectivity index (χ3v) is 4.15. The third-order valence-electron chi connectivity index (χ3n) is 3.89. The molecule has 0 radical (unpaired) electrons. The molecule has 0 nitrogen and oxygen atoms in total. The number of hydrogen-bond acceptors (Lipinski definition) is 0. The van der Waals surface area contributed by atoms with Gasteiger partial charge in [0.05, 0.1) is 0 Å². The third kappa shape index (κ3) is 5.54. The number of rotatable bonds is 5. The van der Waals surface area contributed by atoms with Gasteiger partial charge in [0.2, 0.25) is 0 Å². The molecule has 3 aromatic carbocycles. The van der Waals surface area contributed by atoms with Gasteiger partial charge in [0.1, 0.15) is 0 Å². The lowest BCUT2D eigenvalue weighted by atomic mass is 9.85. The van der Waals surface area contributed by atoms with Crippen LogP contribution in [0.5, 0.6) is 0 Å². The van der Waals surface area contributed by atoms with Gasteiger partial charge in [-0.15, -0.1) is 11.6 Å². The van der Waals surface area contributed by atoms with E-state index >= 15 is 0 Å². The van der Waals surface area contributed by atoms with Crippen LogP contribution in [0.2, 0.25) is 0 Å². The van der Waals surface area contributed by atoms with Crippen LogP contribution in [0.1, 0.15) is 42.4 Å². The Morgan fingerprint density at radius 3 is 1.17 bits per heavy atom. The van der Waals surface area contributed by atoms with E-state index in [1.54, 1.807) is 0 Å². The Hall–Kier alpha value is -2.05. The molecule has 3 aromatic rings. The molecule has 0 saturated heterocycles. The SMILES string of the molecule is CCCCCl.c1ccc(C(c2ccccc2)c2ccccc2)cc1. The summed E-state index contributed by atoms with van der Waals surface area (Å²) in [5.41, 5.74) is 4.00. The van der Waals surface area contributed by atoms with Crippen LogP contribution in [0.15, 0.2) is 91.0 Å². The summed E-state index contributed by atoms with van der Waals surface area (Å²) in [6.07, 6.45) is 2.37. The zero-order valence-corrected chi connectivity index (χ0v) is 15.0. The zero-order valence-electron chi connectivity index (χ0n) is 14.2. The van der Waals surface area contributed by atoms with Crippen LogP contribution >= 0.6 is 11.6 Å². The van der Waals surface area contributed by atoms with E-state index in [1.807, 2.05) is 0 Å². The summed E-state index contributed by atoms with van der Waals surface area (Å²) < 4.78 is 0. The Morgan fingerprint density at radius 1 is 0.625 bits per heavy atom. The maximum absolute atomic E-state index is 5.30. The standard InChI is InChI=1S/C19H16.C4H9Cl/c1-4-10-16(11-5-1)19(17-12-6-2-7-13-17)18-14-8-3-9-15-18;1-2-3-4-5/h1-15,19H;2-4H2,1H3. The molecule has 0 atom stereocenters. The van der Waals surface area contributed by atoms with E-state index in [9.17, 15) is 0 Å². The first kappa shape index (κ1) is 18.3. The monoisotopic (exact) mass is 336 g/mol. The minimum Gasteiger partial charge on any atom is -0.127 e. The summed E-state index contributed by atoms with van der Waals surface area (Å²) >= 11 is 5.30. The molecule has 0 aromatic heterocycles. The zero-order chi connectivity index (χ0) is 17.0. The van der Waals surface area contributed by atoms with Crippen molar-refractivity contribution in [1.29, 1.82) is 0 Å². The first-order valence-electron chi connectivity index (χ1n) is 8.57. The predicted molar refractivity (Wildman–Crippen MR) is 106 cm³/mol. The van der Waals surface area contributed by atoms with Gasteiger partial charge in [0.25, 0.3) is 0 Å². The quantitative estimate of drug-likeness (QED) is 0.351. The van der Waals surface area contributed by atoms with Gasteiger partial charge in [-0.2, -0.15) is 0 Å². The lowest BCUT2D eigenvalue weighted by Crippen LogP contribution is -2.02. The number of benzene rings is 3. The maximum Gasteiger partial charge on any atom is 0.0339 e. The van der Waals surface area contributed by atoms with E-state index in [2.05, 4.69) is 97.9 Å². The van der Waals surface area contributed by atoms with E-state index in [-0.39, 0.29) is 0 Å². The van der Waals surface area contributed by atoms with E-state index in [1.165, 1.54) is 23.1 Å². The molecular weight excluding hydrogens is 312 g/mol. The van der Waals surface area contributed by atoms with Crippen LogP contribution in [-0.2, 0) is 0 Å². The first-order valence-corrected chi connectivity index (χ1v) is 9.11. The maximum atomic E-state index is 5.30. The second-order valence-corrected chi connectivity index (χ2v) is 6.09. The molecule has 0 fully saturated rings. The molecule has 1 heteroatoms. The van der Waals surface area contributed by atoms with Gasteiger partial charge in [0, 0.05) is 11.8 Å². The van der Waals surface area contributed by atoms with Crippen LogP contribution < -0.4 is 0 Å². The van der Waals surface area contributed by atoms with Gasteiger partial charge in [-0.25, -0.2) is 0 Å². The van der Waals surface area contributed by atoms with Crippen molar-refractivity contribution in [3.63, 3.8) is 0 Å². The average molecular weight is 337 g/mol. The fraction of sp³-hybridized carbons (Fsp3) is 0.217. The predicted octanol–water partition coefficient (Wildman–Crippen LogP) is 6.89. The molecule has 0 saturated carbocycles. The molecular formula is C23H25Cl. The summed E-state index contributed by atoms with van der Waals surface area (Å²) in [6.45, 7) is 2.13. The van der Waals surface area contributed by atoms with Crippen LogP contribution in [0.3, 0.4) is 0 Å². The minimum atomic E-state index is 0.309. The van der Waals surface area contributed by atoms with Gasteiger partial charge in [0.15, 0.2) is 0 Å². The van der Waals surface area contributed by atoms with Crippen LogP contribution in [0.25, 0.3) is 0 Å². The molecule has 0 aliphatic carbocycles. The van der Waals surface area contributed by atoms with E-state index in [4.69, 9.17) is 11.6 Å². The van der Waals surface area contributed by atoms with Crippen molar-refractivity contribution in [1.82, 2.24) is 0 Å². The molecule has 124 valence electrons. The van der Waals surface area contributed by atoms with E-state index in [0.29, 0.717) is 5.92 Å². The van der Waals surface area contributed by atoms with Crippen LogP contribution in [0, 0.1) is 0 Å². The molecule has 0 N–H and O–H groups in total. The molecule has 24 heavy (non-hydrogen) atoms. The van der Waals surface area contributed by atoms with Crippen molar-refractivity contribution in [2.75, 3.05) is 5.88 Å². The van der Waals surface area contributed by atoms with Crippen LogP contribution in [0.4, 0.5) is 0 Å². The highest BCUT2D eigenvalue weighted by Crippen LogP contribution is 2.31. The average Bonchev–Trinajstić information content (AvgIpc) is 2.66. The van der Waals surface area contributed by atoms with Gasteiger partial charge in [-0.05, 0) is 23.1 Å². The Morgan fingerprint density at radius 2 is 0.958 bits per heavy atom. The molecule has 0 aliphatic rings. The molecule has 0 heterocycles. The summed E-state index contributed by atoms with van der Waals surface area (Å²) in [5, 5.41) is 0. The molecule has 0 bridgehead atoms. The highest BCUT2D eigenvalue weighted by Gasteiger charge is 2.15. The number of hydrogen-bond donors (Lipinski definition) is 0. The Bertz CT molecular complexity index is 566. The summed E-state index contributed by atoms with van der Waals surface area (Å²) in [7, 11) is 0. The Kier molecular flexibility index (Phi) is 8.13. The smallest absolute Gasteiger partial charge is 0.0339 e. The lowest BCUT2D eigenvalue weighted by molar-refractivity contribution is 0.892. The summed E-state index contributed by atoms with van der Waals surface area (Å²) in [6, 6.07) is 32.0. The lowest BCUT2D eigenvalue weighted by Gasteiger charge is -2.18. The van der Waals surface area contributed by atoms with Gasteiger partial charge in [-0.3, -0.25) is 0 Å². The van der Waals surface area contributed by atoms with Gasteiger partial charge < -0.3 is 0 Å². The van der Waals surface area contributed by atoms with Crippen molar-refractivity contribution in [3.8, 4) is 0 Å². The molecule has 0 unspecified atom stereocenters. The van der Waals surface area contributed by atoms with Crippen molar-refractivity contribution in [3.05, 3.63) is 108 Å². The normalized spacial score (nSPS) is 10.1. The van der Waals surface area contributed by atoms with Crippen molar-refractivity contribution < 1.29 is 0 Å². The number of unbranched alkanes of at least 4 members (excludes halogenated alkanes) is 1. The number of halogens is 1. The van der Waals surface area contributed by atoms with Crippen LogP contribution in [-0.4, -0.2) is 5.88 Å². The van der Waals surface area contributed by atoms with Crippen molar-refractivity contribution >= 4 is 11.6 Å². The Labute approximate surface area is 151 Å². The van der Waals surface area contributed by atoms with E-state index in [0.717, 1.165) is 12.3 Å². The topological polar surface area (TPSA) is 0 Å². The fourth-order valence-corrected chi connectivity index (χ4v) is 2.91.